The van der Waals surface area contributed by atoms with E-state index >= 15 is 0 Å². The molecule has 0 amide bonds. The molecule has 0 aliphatic heterocycles. The van der Waals surface area contributed by atoms with Crippen LogP contribution in [0.25, 0.3) is 0 Å². The average Bonchev–Trinajstić information content (AvgIpc) is 2.73. The molecular weight excluding hydrogens is 364 g/mol. The number of ether oxygens (including phenoxy) is 4. The van der Waals surface area contributed by atoms with Crippen molar-refractivity contribution in [2.24, 2.45) is 0 Å². The lowest BCUT2D eigenvalue weighted by Crippen LogP contribution is -2.15. The van der Waals surface area contributed by atoms with Crippen LogP contribution in [-0.4, -0.2) is 40.6 Å². The fourth-order valence-electron chi connectivity index (χ4n) is 2.55. The first-order valence-corrected chi connectivity index (χ1v) is 9.78. The van der Waals surface area contributed by atoms with Crippen LogP contribution in [0, 0.1) is 12.3 Å². The van der Waals surface area contributed by atoms with Crippen molar-refractivity contribution in [3.05, 3.63) is 65.5 Å². The molecule has 0 N–H and O–H groups in total. The Bertz CT molecular complexity index is 733. The van der Waals surface area contributed by atoms with Crippen molar-refractivity contribution in [3.63, 3.8) is 0 Å². The maximum absolute atomic E-state index is 5.92. The second-order valence-electron chi connectivity index (χ2n) is 7.25. The fourth-order valence-corrected chi connectivity index (χ4v) is 2.55. The minimum Gasteiger partial charge on any atom is -0.490 e. The van der Waals surface area contributed by atoms with Gasteiger partial charge < -0.3 is 18.9 Å². The van der Waals surface area contributed by atoms with E-state index in [0.717, 1.165) is 17.7 Å². The predicted octanol–water partition coefficient (Wildman–Crippen LogP) is 5.06. The monoisotopic (exact) mass is 398 g/mol. The molecule has 0 atom stereocenters. The van der Waals surface area contributed by atoms with Gasteiger partial charge in [0.15, 0.2) is 0 Å². The molecule has 0 spiro atoms. The first-order chi connectivity index (χ1) is 13.9. The van der Waals surface area contributed by atoms with Gasteiger partial charge in [0.2, 0.25) is 0 Å². The Hall–Kier alpha value is -2.48. The van der Waals surface area contributed by atoms with Crippen LogP contribution in [0.3, 0.4) is 0 Å². The highest BCUT2D eigenvalue weighted by Gasteiger charge is 2.17. The Morgan fingerprint density at radius 3 is 2.38 bits per heavy atom. The summed E-state index contributed by atoms with van der Waals surface area (Å²) in [6, 6.07) is 8.24. The molecule has 0 aliphatic rings. The highest BCUT2D eigenvalue weighted by molar-refractivity contribution is 5.41. The van der Waals surface area contributed by atoms with Crippen molar-refractivity contribution < 1.29 is 18.9 Å². The lowest BCUT2D eigenvalue weighted by Gasteiger charge is -2.23. The van der Waals surface area contributed by atoms with Crippen LogP contribution < -0.4 is 4.74 Å². The van der Waals surface area contributed by atoms with Crippen LogP contribution >= 0.6 is 0 Å². The zero-order valence-corrected chi connectivity index (χ0v) is 18.4. The van der Waals surface area contributed by atoms with Gasteiger partial charge in [0, 0.05) is 25.4 Å². The maximum atomic E-state index is 5.92. The molecule has 158 valence electrons. The molecule has 0 unspecified atom stereocenters. The van der Waals surface area contributed by atoms with Crippen LogP contribution in [0.15, 0.2) is 59.9 Å². The first-order valence-electron chi connectivity index (χ1n) is 9.78. The van der Waals surface area contributed by atoms with Gasteiger partial charge in [-0.3, -0.25) is 0 Å². The minimum absolute atomic E-state index is 0.162. The molecule has 0 aliphatic carbocycles. The van der Waals surface area contributed by atoms with Crippen molar-refractivity contribution >= 4 is 0 Å². The molecule has 0 bridgehead atoms. The standard InChI is InChI=1S/C25H34O4/c1-8-20(3)18-21(19-27-7)24(14-15-26-6)29-17-16-28-23-12-10-22(11-13-23)25(4,5)9-2/h1,10-14,18H,3,9,15-17,19H2,2,4-7H3/b21-18-,24-14-. The maximum Gasteiger partial charge on any atom is 0.123 e. The zero-order valence-electron chi connectivity index (χ0n) is 18.4. The normalized spacial score (nSPS) is 12.4. The van der Waals surface area contributed by atoms with Crippen molar-refractivity contribution in [2.75, 3.05) is 40.6 Å². The third kappa shape index (κ3) is 8.60. The summed E-state index contributed by atoms with van der Waals surface area (Å²) in [6.07, 6.45) is 10.1. The van der Waals surface area contributed by atoms with E-state index in [4.69, 9.17) is 25.4 Å². The van der Waals surface area contributed by atoms with Crippen LogP contribution in [0.2, 0.25) is 0 Å². The fraction of sp³-hybridized carbons (Fsp3) is 0.440. The Kier molecular flexibility index (Phi) is 10.9. The molecule has 0 aromatic heterocycles. The number of terminal acetylenes is 1. The third-order valence-electron chi connectivity index (χ3n) is 4.71. The number of rotatable bonds is 13. The molecule has 1 aromatic rings. The highest BCUT2D eigenvalue weighted by Crippen LogP contribution is 2.28. The SMILES string of the molecule is C#CC(=C)/C=C(COC)\C(=C\COC)OCCOc1ccc(C(C)(C)CC)cc1. The number of methoxy groups -OCH3 is 2. The van der Waals surface area contributed by atoms with Gasteiger partial charge in [0.1, 0.15) is 24.7 Å². The molecule has 1 aromatic carbocycles. The Morgan fingerprint density at radius 1 is 1.14 bits per heavy atom. The van der Waals surface area contributed by atoms with Gasteiger partial charge >= 0.3 is 0 Å². The lowest BCUT2D eigenvalue weighted by atomic mass is 9.82. The minimum atomic E-state index is 0.162. The Labute approximate surface area is 176 Å². The summed E-state index contributed by atoms with van der Waals surface area (Å²) < 4.78 is 22.1. The van der Waals surface area contributed by atoms with Gasteiger partial charge in [-0.1, -0.05) is 45.4 Å². The van der Waals surface area contributed by atoms with Gasteiger partial charge in [-0.05, 0) is 41.7 Å². The number of hydrogen-bond donors (Lipinski definition) is 0. The van der Waals surface area contributed by atoms with E-state index in [9.17, 15) is 0 Å². The van der Waals surface area contributed by atoms with Gasteiger partial charge in [-0.25, -0.2) is 0 Å². The van der Waals surface area contributed by atoms with E-state index in [-0.39, 0.29) is 5.41 Å². The molecule has 0 heterocycles. The summed E-state index contributed by atoms with van der Waals surface area (Å²) in [5.41, 5.74) is 2.82. The largest absolute Gasteiger partial charge is 0.490 e. The number of hydrogen-bond acceptors (Lipinski definition) is 4. The summed E-state index contributed by atoms with van der Waals surface area (Å²) in [5.74, 6) is 3.97. The summed E-state index contributed by atoms with van der Waals surface area (Å²) in [5, 5.41) is 0. The highest BCUT2D eigenvalue weighted by atomic mass is 16.5. The van der Waals surface area contributed by atoms with Gasteiger partial charge in [0.25, 0.3) is 0 Å². The summed E-state index contributed by atoms with van der Waals surface area (Å²) in [6.45, 7) is 12.0. The van der Waals surface area contributed by atoms with Crippen LogP contribution in [0.5, 0.6) is 5.75 Å². The Morgan fingerprint density at radius 2 is 1.83 bits per heavy atom. The molecule has 0 saturated carbocycles. The summed E-state index contributed by atoms with van der Waals surface area (Å²) in [4.78, 5) is 0. The zero-order chi connectivity index (χ0) is 21.7. The first kappa shape index (κ1) is 24.6. The van der Waals surface area contributed by atoms with E-state index < -0.39 is 0 Å². The average molecular weight is 399 g/mol. The quantitative estimate of drug-likeness (QED) is 0.201. The van der Waals surface area contributed by atoms with Crippen LogP contribution in [-0.2, 0) is 19.6 Å². The molecule has 0 radical (unpaired) electrons. The molecule has 4 heteroatoms. The number of benzene rings is 1. The topological polar surface area (TPSA) is 36.9 Å². The van der Waals surface area contributed by atoms with Gasteiger partial charge in [-0.2, -0.15) is 0 Å². The molecule has 0 saturated heterocycles. The molecular formula is C25H34O4. The second kappa shape index (κ2) is 12.9. The summed E-state index contributed by atoms with van der Waals surface area (Å²) >= 11 is 0. The van der Waals surface area contributed by atoms with Crippen molar-refractivity contribution in [1.29, 1.82) is 0 Å². The van der Waals surface area contributed by atoms with Crippen LogP contribution in [0.4, 0.5) is 0 Å². The molecule has 0 fully saturated rings. The van der Waals surface area contributed by atoms with Crippen molar-refractivity contribution in [2.45, 2.75) is 32.6 Å². The van der Waals surface area contributed by atoms with Crippen LogP contribution in [0.1, 0.15) is 32.8 Å². The smallest absolute Gasteiger partial charge is 0.123 e. The van der Waals surface area contributed by atoms with E-state index in [2.05, 4.69) is 45.4 Å². The van der Waals surface area contributed by atoms with E-state index in [1.165, 1.54) is 5.56 Å². The number of allylic oxidation sites excluding steroid dienone is 2. The molecule has 29 heavy (non-hydrogen) atoms. The predicted molar refractivity (Wildman–Crippen MR) is 119 cm³/mol. The van der Waals surface area contributed by atoms with Gasteiger partial charge in [0.05, 0.1) is 13.2 Å². The van der Waals surface area contributed by atoms with Crippen molar-refractivity contribution in [1.82, 2.24) is 0 Å². The van der Waals surface area contributed by atoms with E-state index in [0.29, 0.717) is 37.8 Å². The molecule has 1 rings (SSSR count). The Balaban J connectivity index is 2.70. The van der Waals surface area contributed by atoms with E-state index in [1.54, 1.807) is 20.3 Å². The lowest BCUT2D eigenvalue weighted by molar-refractivity contribution is 0.147. The van der Waals surface area contributed by atoms with Crippen molar-refractivity contribution in [3.8, 4) is 18.1 Å². The third-order valence-corrected chi connectivity index (χ3v) is 4.71. The van der Waals surface area contributed by atoms with Gasteiger partial charge in [-0.15, -0.1) is 6.42 Å². The second-order valence-corrected chi connectivity index (χ2v) is 7.25. The van der Waals surface area contributed by atoms with E-state index in [1.807, 2.05) is 18.2 Å². The molecule has 4 nitrogen and oxygen atoms in total. The summed E-state index contributed by atoms with van der Waals surface area (Å²) in [7, 11) is 3.24.